The molecule has 100 valence electrons. The van der Waals surface area contributed by atoms with Crippen LogP contribution in [0.15, 0.2) is 22.7 Å². The SMILES string of the molecule is CC(C)CC1(Cc2ccc(Cl)cc2Br)CCCN1. The molecule has 0 radical (unpaired) electrons. The number of rotatable bonds is 4. The molecule has 0 amide bonds. The lowest BCUT2D eigenvalue weighted by Crippen LogP contribution is -2.43. The first-order valence-electron chi connectivity index (χ1n) is 6.70. The third-order valence-electron chi connectivity index (χ3n) is 3.68. The van der Waals surface area contributed by atoms with Gasteiger partial charge in [0.15, 0.2) is 0 Å². The van der Waals surface area contributed by atoms with E-state index in [4.69, 9.17) is 11.6 Å². The Kier molecular flexibility index (Phi) is 4.74. The maximum Gasteiger partial charge on any atom is 0.0417 e. The zero-order valence-corrected chi connectivity index (χ0v) is 13.4. The molecule has 0 aromatic heterocycles. The second kappa shape index (κ2) is 5.94. The molecule has 0 bridgehead atoms. The molecule has 1 aromatic rings. The molecule has 1 saturated heterocycles. The molecule has 1 aliphatic heterocycles. The van der Waals surface area contributed by atoms with Crippen molar-refractivity contribution < 1.29 is 0 Å². The van der Waals surface area contributed by atoms with Crippen molar-refractivity contribution >= 4 is 27.5 Å². The molecule has 1 unspecified atom stereocenters. The van der Waals surface area contributed by atoms with Gasteiger partial charge in [0.05, 0.1) is 0 Å². The summed E-state index contributed by atoms with van der Waals surface area (Å²) in [5.41, 5.74) is 1.64. The van der Waals surface area contributed by atoms with E-state index in [2.05, 4.69) is 41.2 Å². The Morgan fingerprint density at radius 3 is 2.78 bits per heavy atom. The van der Waals surface area contributed by atoms with E-state index in [1.54, 1.807) is 0 Å². The van der Waals surface area contributed by atoms with Crippen molar-refractivity contribution in [3.8, 4) is 0 Å². The maximum absolute atomic E-state index is 6.01. The predicted molar refractivity (Wildman–Crippen MR) is 82.3 cm³/mol. The highest BCUT2D eigenvalue weighted by atomic mass is 79.9. The van der Waals surface area contributed by atoms with Gasteiger partial charge in [-0.3, -0.25) is 0 Å². The summed E-state index contributed by atoms with van der Waals surface area (Å²) < 4.78 is 1.13. The maximum atomic E-state index is 6.01. The smallest absolute Gasteiger partial charge is 0.0417 e. The number of benzene rings is 1. The lowest BCUT2D eigenvalue weighted by atomic mass is 9.82. The lowest BCUT2D eigenvalue weighted by molar-refractivity contribution is 0.301. The highest BCUT2D eigenvalue weighted by Crippen LogP contribution is 2.33. The van der Waals surface area contributed by atoms with E-state index in [-0.39, 0.29) is 5.54 Å². The summed E-state index contributed by atoms with van der Waals surface area (Å²) in [6.07, 6.45) is 4.89. The van der Waals surface area contributed by atoms with Crippen LogP contribution < -0.4 is 5.32 Å². The van der Waals surface area contributed by atoms with Gasteiger partial charge >= 0.3 is 0 Å². The van der Waals surface area contributed by atoms with Crippen LogP contribution in [0, 0.1) is 5.92 Å². The monoisotopic (exact) mass is 329 g/mol. The number of hydrogen-bond acceptors (Lipinski definition) is 1. The Morgan fingerprint density at radius 2 is 2.22 bits per heavy atom. The van der Waals surface area contributed by atoms with Crippen molar-refractivity contribution in [1.82, 2.24) is 5.32 Å². The van der Waals surface area contributed by atoms with Crippen LogP contribution in [0.4, 0.5) is 0 Å². The molecule has 1 fully saturated rings. The van der Waals surface area contributed by atoms with E-state index in [1.165, 1.54) is 24.8 Å². The van der Waals surface area contributed by atoms with Crippen LogP contribution >= 0.6 is 27.5 Å². The van der Waals surface area contributed by atoms with Gasteiger partial charge in [-0.2, -0.15) is 0 Å². The largest absolute Gasteiger partial charge is 0.311 e. The highest BCUT2D eigenvalue weighted by molar-refractivity contribution is 9.10. The van der Waals surface area contributed by atoms with E-state index in [9.17, 15) is 0 Å². The van der Waals surface area contributed by atoms with Gasteiger partial charge in [-0.15, -0.1) is 0 Å². The summed E-state index contributed by atoms with van der Waals surface area (Å²) in [5, 5.41) is 4.53. The first kappa shape index (κ1) is 14.4. The summed E-state index contributed by atoms with van der Waals surface area (Å²) in [7, 11) is 0. The molecule has 0 saturated carbocycles. The molecule has 1 N–H and O–H groups in total. The van der Waals surface area contributed by atoms with E-state index >= 15 is 0 Å². The van der Waals surface area contributed by atoms with Gasteiger partial charge in [-0.05, 0) is 55.8 Å². The Labute approximate surface area is 123 Å². The van der Waals surface area contributed by atoms with Gasteiger partial charge in [0.1, 0.15) is 0 Å². The summed E-state index contributed by atoms with van der Waals surface area (Å²) in [5.74, 6) is 0.724. The van der Waals surface area contributed by atoms with Crippen LogP contribution in [0.5, 0.6) is 0 Å². The molecular weight excluding hydrogens is 310 g/mol. The van der Waals surface area contributed by atoms with E-state index in [0.29, 0.717) is 0 Å². The topological polar surface area (TPSA) is 12.0 Å². The van der Waals surface area contributed by atoms with E-state index < -0.39 is 0 Å². The molecule has 1 heterocycles. The Bertz CT molecular complexity index is 411. The number of nitrogens with one attached hydrogen (secondary N) is 1. The van der Waals surface area contributed by atoms with Crippen molar-refractivity contribution in [2.24, 2.45) is 5.92 Å². The van der Waals surface area contributed by atoms with Crippen LogP contribution in [0.25, 0.3) is 0 Å². The Balaban J connectivity index is 2.18. The van der Waals surface area contributed by atoms with Crippen molar-refractivity contribution in [3.05, 3.63) is 33.3 Å². The molecular formula is C15H21BrClN. The lowest BCUT2D eigenvalue weighted by Gasteiger charge is -2.32. The summed E-state index contributed by atoms with van der Waals surface area (Å²) >= 11 is 9.64. The van der Waals surface area contributed by atoms with Gasteiger partial charge in [-0.25, -0.2) is 0 Å². The average molecular weight is 331 g/mol. The van der Waals surface area contributed by atoms with E-state index in [0.717, 1.165) is 28.4 Å². The molecule has 1 aromatic carbocycles. The minimum atomic E-state index is 0.282. The second-order valence-corrected chi connectivity index (χ2v) is 7.11. The molecule has 0 aliphatic carbocycles. The third kappa shape index (κ3) is 3.49. The fourth-order valence-corrected chi connectivity index (χ4v) is 3.90. The standard InChI is InChI=1S/C15H21BrClN/c1-11(2)9-15(6-3-7-18-15)10-12-4-5-13(17)8-14(12)16/h4-5,8,11,18H,3,6-7,9-10H2,1-2H3. The summed E-state index contributed by atoms with van der Waals surface area (Å²) in [6, 6.07) is 6.13. The molecule has 18 heavy (non-hydrogen) atoms. The van der Waals surface area contributed by atoms with Crippen molar-refractivity contribution in [1.29, 1.82) is 0 Å². The van der Waals surface area contributed by atoms with Gasteiger partial charge < -0.3 is 5.32 Å². The molecule has 0 spiro atoms. The fraction of sp³-hybridized carbons (Fsp3) is 0.600. The Morgan fingerprint density at radius 1 is 1.44 bits per heavy atom. The second-order valence-electron chi connectivity index (χ2n) is 5.82. The normalized spacial score (nSPS) is 23.8. The first-order chi connectivity index (χ1) is 8.51. The van der Waals surface area contributed by atoms with E-state index in [1.807, 2.05) is 12.1 Å². The van der Waals surface area contributed by atoms with Gasteiger partial charge in [0.25, 0.3) is 0 Å². The van der Waals surface area contributed by atoms with Crippen LogP contribution in [0.2, 0.25) is 5.02 Å². The molecule has 2 rings (SSSR count). The first-order valence-corrected chi connectivity index (χ1v) is 7.87. The fourth-order valence-electron chi connectivity index (χ4n) is 3.08. The van der Waals surface area contributed by atoms with Gasteiger partial charge in [-0.1, -0.05) is 47.4 Å². The van der Waals surface area contributed by atoms with Crippen molar-refractivity contribution in [2.45, 2.75) is 45.1 Å². The van der Waals surface area contributed by atoms with Gasteiger partial charge in [0, 0.05) is 15.0 Å². The molecule has 3 heteroatoms. The predicted octanol–water partition coefficient (Wildman–Crippen LogP) is 4.81. The van der Waals surface area contributed by atoms with Crippen LogP contribution in [0.1, 0.15) is 38.7 Å². The van der Waals surface area contributed by atoms with Crippen LogP contribution in [-0.4, -0.2) is 12.1 Å². The number of hydrogen-bond donors (Lipinski definition) is 1. The zero-order chi connectivity index (χ0) is 13.2. The van der Waals surface area contributed by atoms with Crippen molar-refractivity contribution in [2.75, 3.05) is 6.54 Å². The highest BCUT2D eigenvalue weighted by Gasteiger charge is 2.34. The number of halogens is 2. The molecule has 1 atom stereocenters. The minimum Gasteiger partial charge on any atom is -0.311 e. The summed E-state index contributed by atoms with van der Waals surface area (Å²) in [4.78, 5) is 0. The van der Waals surface area contributed by atoms with Crippen molar-refractivity contribution in [3.63, 3.8) is 0 Å². The molecule has 1 nitrogen and oxygen atoms in total. The quantitative estimate of drug-likeness (QED) is 0.835. The average Bonchev–Trinajstić information content (AvgIpc) is 2.70. The third-order valence-corrected chi connectivity index (χ3v) is 4.65. The summed E-state index contributed by atoms with van der Waals surface area (Å²) in [6.45, 7) is 5.76. The minimum absolute atomic E-state index is 0.282. The van der Waals surface area contributed by atoms with Gasteiger partial charge in [0.2, 0.25) is 0 Å². The van der Waals surface area contributed by atoms with Crippen LogP contribution in [0.3, 0.4) is 0 Å². The van der Waals surface area contributed by atoms with Crippen LogP contribution in [-0.2, 0) is 6.42 Å². The Hall–Kier alpha value is -0.0500. The zero-order valence-electron chi connectivity index (χ0n) is 11.1. The molecule has 1 aliphatic rings.